The van der Waals surface area contributed by atoms with Crippen LogP contribution in [0, 0.1) is 0 Å². The summed E-state index contributed by atoms with van der Waals surface area (Å²) in [5.74, 6) is 0.978. The van der Waals surface area contributed by atoms with Gasteiger partial charge in [0.15, 0.2) is 0 Å². The molecule has 2 fully saturated rings. The summed E-state index contributed by atoms with van der Waals surface area (Å²) in [5, 5.41) is 0. The first kappa shape index (κ1) is 13.9. The molecule has 110 valence electrons. The van der Waals surface area contributed by atoms with Crippen molar-refractivity contribution >= 4 is 0 Å². The minimum Gasteiger partial charge on any atom is -0.490 e. The van der Waals surface area contributed by atoms with Crippen LogP contribution in [-0.4, -0.2) is 25.9 Å². The molecule has 0 radical (unpaired) electrons. The SMILES string of the molecule is NCC1(c2ccc(OC3CCOCC3)cc2)CCCC1. The molecule has 20 heavy (non-hydrogen) atoms. The second-order valence-corrected chi connectivity index (χ2v) is 6.15. The number of benzene rings is 1. The van der Waals surface area contributed by atoms with E-state index in [2.05, 4.69) is 24.3 Å². The van der Waals surface area contributed by atoms with Gasteiger partial charge in [0.1, 0.15) is 11.9 Å². The maximum Gasteiger partial charge on any atom is 0.119 e. The number of hydrogen-bond donors (Lipinski definition) is 1. The van der Waals surface area contributed by atoms with Gasteiger partial charge < -0.3 is 15.2 Å². The molecule has 1 saturated carbocycles. The number of nitrogens with two attached hydrogens (primary N) is 1. The summed E-state index contributed by atoms with van der Waals surface area (Å²) in [6.07, 6.45) is 7.36. The van der Waals surface area contributed by atoms with Crippen molar-refractivity contribution in [3.05, 3.63) is 29.8 Å². The highest BCUT2D eigenvalue weighted by molar-refractivity contribution is 5.33. The van der Waals surface area contributed by atoms with Crippen LogP contribution in [0.1, 0.15) is 44.1 Å². The van der Waals surface area contributed by atoms with Crippen LogP contribution in [0.2, 0.25) is 0 Å². The Hall–Kier alpha value is -1.06. The molecule has 1 aliphatic heterocycles. The van der Waals surface area contributed by atoms with Gasteiger partial charge in [-0.15, -0.1) is 0 Å². The van der Waals surface area contributed by atoms with Crippen molar-refractivity contribution < 1.29 is 9.47 Å². The summed E-state index contributed by atoms with van der Waals surface area (Å²) in [5.41, 5.74) is 7.65. The topological polar surface area (TPSA) is 44.5 Å². The fraction of sp³-hybridized carbons (Fsp3) is 0.647. The third-order valence-corrected chi connectivity index (χ3v) is 4.89. The zero-order chi connectivity index (χ0) is 13.8. The summed E-state index contributed by atoms with van der Waals surface area (Å²) < 4.78 is 11.4. The van der Waals surface area contributed by atoms with Crippen LogP contribution >= 0.6 is 0 Å². The van der Waals surface area contributed by atoms with E-state index in [0.29, 0.717) is 6.10 Å². The monoisotopic (exact) mass is 275 g/mol. The molecule has 3 nitrogen and oxygen atoms in total. The van der Waals surface area contributed by atoms with Gasteiger partial charge in [-0.05, 0) is 30.5 Å². The number of rotatable bonds is 4. The minimum atomic E-state index is 0.219. The highest BCUT2D eigenvalue weighted by atomic mass is 16.5. The van der Waals surface area contributed by atoms with Crippen LogP contribution in [0.25, 0.3) is 0 Å². The van der Waals surface area contributed by atoms with Crippen LogP contribution in [0.5, 0.6) is 5.75 Å². The quantitative estimate of drug-likeness (QED) is 0.918. The molecule has 1 saturated heterocycles. The Morgan fingerprint density at radius 1 is 1.10 bits per heavy atom. The van der Waals surface area contributed by atoms with Crippen LogP contribution in [0.3, 0.4) is 0 Å². The zero-order valence-corrected chi connectivity index (χ0v) is 12.1. The lowest BCUT2D eigenvalue weighted by Gasteiger charge is -2.28. The molecule has 2 aliphatic rings. The van der Waals surface area contributed by atoms with Crippen molar-refractivity contribution in [1.82, 2.24) is 0 Å². The molecule has 1 aromatic carbocycles. The van der Waals surface area contributed by atoms with Crippen molar-refractivity contribution in [3.63, 3.8) is 0 Å². The van der Waals surface area contributed by atoms with E-state index in [0.717, 1.165) is 38.3 Å². The van der Waals surface area contributed by atoms with Gasteiger partial charge in [-0.25, -0.2) is 0 Å². The summed E-state index contributed by atoms with van der Waals surface area (Å²) >= 11 is 0. The van der Waals surface area contributed by atoms with Crippen molar-refractivity contribution in [3.8, 4) is 5.75 Å². The van der Waals surface area contributed by atoms with Gasteiger partial charge in [0, 0.05) is 24.8 Å². The Morgan fingerprint density at radius 2 is 1.75 bits per heavy atom. The van der Waals surface area contributed by atoms with Crippen LogP contribution in [0.4, 0.5) is 0 Å². The third-order valence-electron chi connectivity index (χ3n) is 4.89. The van der Waals surface area contributed by atoms with Crippen molar-refractivity contribution in [2.45, 2.75) is 50.0 Å². The molecular formula is C17H25NO2. The van der Waals surface area contributed by atoms with E-state index in [1.807, 2.05) is 0 Å². The lowest BCUT2D eigenvalue weighted by atomic mass is 9.79. The van der Waals surface area contributed by atoms with Crippen LogP contribution in [0.15, 0.2) is 24.3 Å². The van der Waals surface area contributed by atoms with Gasteiger partial charge in [0.25, 0.3) is 0 Å². The largest absolute Gasteiger partial charge is 0.490 e. The molecule has 0 spiro atoms. The van der Waals surface area contributed by atoms with Gasteiger partial charge in [-0.1, -0.05) is 25.0 Å². The Bertz CT molecular complexity index is 417. The fourth-order valence-corrected chi connectivity index (χ4v) is 3.54. The van der Waals surface area contributed by atoms with Crippen molar-refractivity contribution in [2.24, 2.45) is 5.73 Å². The summed E-state index contributed by atoms with van der Waals surface area (Å²) in [4.78, 5) is 0. The first-order chi connectivity index (χ1) is 9.82. The molecule has 1 heterocycles. The van der Waals surface area contributed by atoms with Gasteiger partial charge >= 0.3 is 0 Å². The normalized spacial score (nSPS) is 22.9. The first-order valence-corrected chi connectivity index (χ1v) is 7.87. The summed E-state index contributed by atoms with van der Waals surface area (Å²) in [6, 6.07) is 8.65. The molecule has 1 aliphatic carbocycles. The average molecular weight is 275 g/mol. The second kappa shape index (κ2) is 6.15. The van der Waals surface area contributed by atoms with E-state index >= 15 is 0 Å². The lowest BCUT2D eigenvalue weighted by Crippen LogP contribution is -2.32. The van der Waals surface area contributed by atoms with Crippen LogP contribution < -0.4 is 10.5 Å². The Morgan fingerprint density at radius 3 is 2.35 bits per heavy atom. The van der Waals surface area contributed by atoms with E-state index in [-0.39, 0.29) is 5.41 Å². The smallest absolute Gasteiger partial charge is 0.119 e. The number of ether oxygens (including phenoxy) is 2. The van der Waals surface area contributed by atoms with E-state index < -0.39 is 0 Å². The molecule has 0 unspecified atom stereocenters. The van der Waals surface area contributed by atoms with E-state index in [1.165, 1.54) is 31.2 Å². The highest BCUT2D eigenvalue weighted by Crippen LogP contribution is 2.40. The van der Waals surface area contributed by atoms with E-state index in [4.69, 9.17) is 15.2 Å². The van der Waals surface area contributed by atoms with E-state index in [9.17, 15) is 0 Å². The van der Waals surface area contributed by atoms with Gasteiger partial charge in [0.2, 0.25) is 0 Å². The predicted molar refractivity (Wildman–Crippen MR) is 80.1 cm³/mol. The van der Waals surface area contributed by atoms with Gasteiger partial charge in [-0.3, -0.25) is 0 Å². The summed E-state index contributed by atoms with van der Waals surface area (Å²) in [6.45, 7) is 2.39. The zero-order valence-electron chi connectivity index (χ0n) is 12.1. The standard InChI is InChI=1S/C17H25NO2/c18-13-17(9-1-2-10-17)14-3-5-15(6-4-14)20-16-7-11-19-12-8-16/h3-6,16H,1-2,7-13,18H2. The molecule has 3 rings (SSSR count). The minimum absolute atomic E-state index is 0.219. The fourth-order valence-electron chi connectivity index (χ4n) is 3.54. The maximum atomic E-state index is 6.04. The van der Waals surface area contributed by atoms with Crippen molar-refractivity contribution in [2.75, 3.05) is 19.8 Å². The molecular weight excluding hydrogens is 250 g/mol. The number of hydrogen-bond acceptors (Lipinski definition) is 3. The maximum absolute atomic E-state index is 6.04. The Labute approximate surface area is 121 Å². The second-order valence-electron chi connectivity index (χ2n) is 6.15. The first-order valence-electron chi connectivity index (χ1n) is 7.87. The molecule has 1 aromatic rings. The molecule has 0 aromatic heterocycles. The highest BCUT2D eigenvalue weighted by Gasteiger charge is 2.34. The predicted octanol–water partition coefficient (Wildman–Crippen LogP) is 3.01. The molecule has 2 N–H and O–H groups in total. The van der Waals surface area contributed by atoms with Gasteiger partial charge in [-0.2, -0.15) is 0 Å². The lowest BCUT2D eigenvalue weighted by molar-refractivity contribution is 0.0255. The average Bonchev–Trinajstić information content (AvgIpc) is 2.99. The van der Waals surface area contributed by atoms with Crippen LogP contribution in [-0.2, 0) is 10.2 Å². The van der Waals surface area contributed by atoms with Gasteiger partial charge in [0.05, 0.1) is 13.2 Å². The Kier molecular flexibility index (Phi) is 4.27. The Balaban J connectivity index is 1.67. The summed E-state index contributed by atoms with van der Waals surface area (Å²) in [7, 11) is 0. The van der Waals surface area contributed by atoms with Crippen molar-refractivity contribution in [1.29, 1.82) is 0 Å². The molecule has 0 atom stereocenters. The molecule has 0 amide bonds. The third kappa shape index (κ3) is 2.84. The van der Waals surface area contributed by atoms with E-state index in [1.54, 1.807) is 0 Å². The molecule has 3 heteroatoms. The molecule has 0 bridgehead atoms.